The molecule has 0 fully saturated rings. The summed E-state index contributed by atoms with van der Waals surface area (Å²) in [5.41, 5.74) is 17.5. The normalized spacial score (nSPS) is 13.2. The smallest absolute Gasteiger partial charge is 0.273 e. The molecule has 0 bridgehead atoms. The van der Waals surface area contributed by atoms with Crippen LogP contribution in [0.1, 0.15) is 51.7 Å². The molecule has 0 spiro atoms. The highest BCUT2D eigenvalue weighted by Crippen LogP contribution is 2.33. The number of amidine groups is 1. The molecule has 0 saturated heterocycles. The molecule has 0 atom stereocenters. The van der Waals surface area contributed by atoms with Crippen LogP contribution in [0, 0.1) is 0 Å². The summed E-state index contributed by atoms with van der Waals surface area (Å²) in [6, 6.07) is 21.4. The first-order valence-corrected chi connectivity index (χ1v) is 12.9. The van der Waals surface area contributed by atoms with Gasteiger partial charge in [-0.1, -0.05) is 43.3 Å². The van der Waals surface area contributed by atoms with Gasteiger partial charge in [0.05, 0.1) is 5.69 Å². The highest BCUT2D eigenvalue weighted by Gasteiger charge is 2.22. The lowest BCUT2D eigenvalue weighted by molar-refractivity contribution is -0.187. The van der Waals surface area contributed by atoms with Crippen molar-refractivity contribution in [3.05, 3.63) is 83.4 Å². The lowest BCUT2D eigenvalue weighted by Gasteiger charge is -2.22. The van der Waals surface area contributed by atoms with Crippen LogP contribution in [0.4, 0.5) is 11.4 Å². The molecule has 198 valence electrons. The van der Waals surface area contributed by atoms with Crippen molar-refractivity contribution in [2.24, 2.45) is 10.7 Å². The summed E-state index contributed by atoms with van der Waals surface area (Å²) < 4.78 is 5.93. The zero-order chi connectivity index (χ0) is 27.3. The van der Waals surface area contributed by atoms with Crippen LogP contribution >= 0.6 is 0 Å². The summed E-state index contributed by atoms with van der Waals surface area (Å²) >= 11 is 0. The molecular formula is C31H36N4O3. The molecule has 0 saturated carbocycles. The molecule has 38 heavy (non-hydrogen) atoms. The second kappa shape index (κ2) is 11.5. The van der Waals surface area contributed by atoms with Crippen molar-refractivity contribution in [1.82, 2.24) is 5.06 Å². The molecule has 1 heterocycles. The van der Waals surface area contributed by atoms with E-state index in [1.54, 1.807) is 0 Å². The van der Waals surface area contributed by atoms with E-state index in [9.17, 15) is 4.79 Å². The Bertz CT molecular complexity index is 1340. The molecule has 0 unspecified atom stereocenters. The van der Waals surface area contributed by atoms with E-state index < -0.39 is 0 Å². The van der Waals surface area contributed by atoms with Crippen LogP contribution in [0.2, 0.25) is 0 Å². The van der Waals surface area contributed by atoms with Crippen LogP contribution < -0.4 is 16.2 Å². The predicted molar refractivity (Wildman–Crippen MR) is 154 cm³/mol. The first-order chi connectivity index (χ1) is 18.1. The first kappa shape index (κ1) is 26.9. The third kappa shape index (κ3) is 7.01. The molecule has 1 aliphatic heterocycles. The Morgan fingerprint density at radius 2 is 1.66 bits per heavy atom. The highest BCUT2D eigenvalue weighted by atomic mass is 16.7. The van der Waals surface area contributed by atoms with Crippen LogP contribution in [0.3, 0.4) is 0 Å². The van der Waals surface area contributed by atoms with Crippen molar-refractivity contribution < 1.29 is 14.4 Å². The van der Waals surface area contributed by atoms with Gasteiger partial charge < -0.3 is 16.2 Å². The van der Waals surface area contributed by atoms with Gasteiger partial charge in [0.1, 0.15) is 23.8 Å². The summed E-state index contributed by atoms with van der Waals surface area (Å²) in [5.74, 6) is 0.982. The van der Waals surface area contributed by atoms with Crippen molar-refractivity contribution in [3.8, 4) is 16.9 Å². The molecule has 7 heteroatoms. The Hall–Kier alpha value is -4.10. The number of rotatable bonds is 8. The van der Waals surface area contributed by atoms with Gasteiger partial charge in [-0.25, -0.2) is 10.1 Å². The Kier molecular flexibility index (Phi) is 8.17. The second-order valence-electron chi connectivity index (χ2n) is 10.4. The van der Waals surface area contributed by atoms with Gasteiger partial charge in [0.25, 0.3) is 5.91 Å². The number of benzene rings is 3. The van der Waals surface area contributed by atoms with E-state index in [0.29, 0.717) is 23.6 Å². The lowest BCUT2D eigenvalue weighted by atomic mass is 10.0. The zero-order valence-corrected chi connectivity index (χ0v) is 22.5. The molecule has 4 N–H and O–H groups in total. The van der Waals surface area contributed by atoms with Crippen LogP contribution in [0.5, 0.6) is 5.75 Å². The number of hydrogen-bond donors (Lipinski definition) is 2. The van der Waals surface area contributed by atoms with E-state index in [1.165, 1.54) is 5.06 Å². The number of amides is 1. The van der Waals surface area contributed by atoms with Gasteiger partial charge in [-0.3, -0.25) is 9.63 Å². The number of nitrogens with two attached hydrogens (primary N) is 2. The van der Waals surface area contributed by atoms with E-state index >= 15 is 0 Å². The average molecular weight is 513 g/mol. The summed E-state index contributed by atoms with van der Waals surface area (Å²) in [4.78, 5) is 24.0. The summed E-state index contributed by atoms with van der Waals surface area (Å²) in [5, 5.41) is 1.41. The van der Waals surface area contributed by atoms with Crippen LogP contribution in [0.25, 0.3) is 17.2 Å². The maximum Gasteiger partial charge on any atom is 0.273 e. The van der Waals surface area contributed by atoms with E-state index in [0.717, 1.165) is 40.1 Å². The standard InChI is InChI=1S/C31H36N4O3/c1-5-16-35(37-20-21-6-12-26(32)13-7-21)30(36)25-17-24-9-8-23(18-28(24)34-29(33)19-25)22-10-14-27(15-11-22)38-31(2,3)4/h6-15,17-18H,5,16,19-20,32H2,1-4H3,(H2,33,34). The van der Waals surface area contributed by atoms with E-state index in [4.69, 9.17) is 21.0 Å². The maximum atomic E-state index is 13.5. The van der Waals surface area contributed by atoms with Gasteiger partial charge in [0.15, 0.2) is 0 Å². The minimum Gasteiger partial charge on any atom is -0.488 e. The number of nitrogen functional groups attached to an aromatic ring is 1. The highest BCUT2D eigenvalue weighted by molar-refractivity contribution is 6.05. The molecule has 3 aromatic rings. The van der Waals surface area contributed by atoms with Crippen LogP contribution in [0.15, 0.2) is 77.3 Å². The fourth-order valence-corrected chi connectivity index (χ4v) is 4.13. The quantitative estimate of drug-likeness (QED) is 0.274. The molecule has 1 amide bonds. The van der Waals surface area contributed by atoms with Gasteiger partial charge in [-0.2, -0.15) is 0 Å². The van der Waals surface area contributed by atoms with Crippen molar-refractivity contribution in [1.29, 1.82) is 0 Å². The number of fused-ring (bicyclic) bond motifs is 1. The molecular weight excluding hydrogens is 476 g/mol. The number of aliphatic imine (C=N–C) groups is 1. The van der Waals surface area contributed by atoms with Crippen LogP contribution in [-0.4, -0.2) is 29.0 Å². The largest absolute Gasteiger partial charge is 0.488 e. The number of hydroxylamine groups is 2. The fourth-order valence-electron chi connectivity index (χ4n) is 4.13. The lowest BCUT2D eigenvalue weighted by Crippen LogP contribution is -2.34. The number of anilines is 1. The Morgan fingerprint density at radius 3 is 2.32 bits per heavy atom. The number of carbonyl (C=O) groups is 1. The average Bonchev–Trinajstić information content (AvgIpc) is 3.04. The number of nitrogens with zero attached hydrogens (tertiary/aromatic N) is 2. The third-order valence-corrected chi connectivity index (χ3v) is 5.90. The summed E-state index contributed by atoms with van der Waals surface area (Å²) in [6.07, 6.45) is 2.86. The predicted octanol–water partition coefficient (Wildman–Crippen LogP) is 6.26. The zero-order valence-electron chi connectivity index (χ0n) is 22.5. The summed E-state index contributed by atoms with van der Waals surface area (Å²) in [7, 11) is 0. The van der Waals surface area contributed by atoms with Gasteiger partial charge >= 0.3 is 0 Å². The molecule has 7 nitrogen and oxygen atoms in total. The van der Waals surface area contributed by atoms with Crippen molar-refractivity contribution in [2.75, 3.05) is 12.3 Å². The molecule has 1 aliphatic rings. The minimum absolute atomic E-state index is 0.216. The number of carbonyl (C=O) groups excluding carboxylic acids is 1. The van der Waals surface area contributed by atoms with Crippen molar-refractivity contribution in [3.63, 3.8) is 0 Å². The van der Waals surface area contributed by atoms with Crippen molar-refractivity contribution in [2.45, 2.75) is 52.7 Å². The number of hydrogen-bond acceptors (Lipinski definition) is 6. The monoisotopic (exact) mass is 512 g/mol. The van der Waals surface area contributed by atoms with Gasteiger partial charge in [0.2, 0.25) is 0 Å². The molecule has 0 aromatic heterocycles. The topological polar surface area (TPSA) is 103 Å². The first-order valence-electron chi connectivity index (χ1n) is 12.9. The Morgan fingerprint density at radius 1 is 0.974 bits per heavy atom. The number of ether oxygens (including phenoxy) is 1. The Labute approximate surface area is 224 Å². The second-order valence-corrected chi connectivity index (χ2v) is 10.4. The van der Waals surface area contributed by atoms with Crippen LogP contribution in [-0.2, 0) is 16.2 Å². The van der Waals surface area contributed by atoms with Crippen molar-refractivity contribution >= 4 is 29.2 Å². The molecule has 3 aromatic carbocycles. The molecule has 0 radical (unpaired) electrons. The maximum absolute atomic E-state index is 13.5. The fraction of sp³-hybridized carbons (Fsp3) is 0.290. The Balaban J connectivity index is 1.55. The van der Waals surface area contributed by atoms with Gasteiger partial charge in [-0.15, -0.1) is 0 Å². The van der Waals surface area contributed by atoms with Gasteiger partial charge in [-0.05, 0) is 80.3 Å². The van der Waals surface area contributed by atoms with E-state index in [-0.39, 0.29) is 24.5 Å². The third-order valence-electron chi connectivity index (χ3n) is 5.90. The van der Waals surface area contributed by atoms with E-state index in [2.05, 4.69) is 4.99 Å². The minimum atomic E-state index is -0.257. The molecule has 4 rings (SSSR count). The summed E-state index contributed by atoms with van der Waals surface area (Å²) in [6.45, 7) is 8.80. The van der Waals surface area contributed by atoms with E-state index in [1.807, 2.05) is 101 Å². The SMILES string of the molecule is CCCN(OCc1ccc(N)cc1)C(=O)C1=Cc2ccc(-c3ccc(OC(C)(C)C)cc3)cc2N=C(N)C1. The van der Waals surface area contributed by atoms with Gasteiger partial charge in [0, 0.05) is 29.8 Å². The molecule has 0 aliphatic carbocycles.